The van der Waals surface area contributed by atoms with Gasteiger partial charge in [0.25, 0.3) is 0 Å². The highest BCUT2D eigenvalue weighted by Gasteiger charge is 2.11. The molecule has 1 aromatic heterocycles. The Morgan fingerprint density at radius 3 is 2.52 bits per heavy atom. The van der Waals surface area contributed by atoms with Crippen LogP contribution in [0, 0.1) is 20.8 Å². The van der Waals surface area contributed by atoms with Crippen LogP contribution in [-0.4, -0.2) is 17.7 Å². The summed E-state index contributed by atoms with van der Waals surface area (Å²) in [5, 5.41) is 3.81. The van der Waals surface area contributed by atoms with Gasteiger partial charge in [0.1, 0.15) is 18.1 Å². The number of benzene rings is 1. The Kier molecular flexibility index (Phi) is 4.98. The number of hydrogen-bond acceptors (Lipinski definition) is 5. The number of carbonyl (C=O) groups excluding carboxylic acids is 1. The van der Waals surface area contributed by atoms with Crippen molar-refractivity contribution in [3.63, 3.8) is 0 Å². The second-order valence-electron chi connectivity index (χ2n) is 4.87. The van der Waals surface area contributed by atoms with E-state index in [-0.39, 0.29) is 19.0 Å². The van der Waals surface area contributed by atoms with E-state index in [9.17, 15) is 4.79 Å². The van der Waals surface area contributed by atoms with Crippen LogP contribution in [-0.2, 0) is 16.1 Å². The first-order valence-electron chi connectivity index (χ1n) is 6.83. The van der Waals surface area contributed by atoms with Crippen molar-refractivity contribution in [1.29, 1.82) is 0 Å². The smallest absolute Gasteiger partial charge is 0.309 e. The predicted molar refractivity (Wildman–Crippen MR) is 77.1 cm³/mol. The molecule has 21 heavy (non-hydrogen) atoms. The van der Waals surface area contributed by atoms with Crippen LogP contribution in [0.1, 0.15) is 29.0 Å². The van der Waals surface area contributed by atoms with E-state index in [4.69, 9.17) is 14.0 Å². The van der Waals surface area contributed by atoms with Gasteiger partial charge in [-0.1, -0.05) is 22.9 Å². The third-order valence-corrected chi connectivity index (χ3v) is 3.15. The largest absolute Gasteiger partial charge is 0.493 e. The van der Waals surface area contributed by atoms with Crippen molar-refractivity contribution >= 4 is 5.97 Å². The molecular weight excluding hydrogens is 270 g/mol. The molecule has 0 amide bonds. The molecule has 1 aromatic carbocycles. The van der Waals surface area contributed by atoms with E-state index < -0.39 is 0 Å². The van der Waals surface area contributed by atoms with E-state index in [0.29, 0.717) is 12.4 Å². The summed E-state index contributed by atoms with van der Waals surface area (Å²) in [6.07, 6.45) is 0.206. The summed E-state index contributed by atoms with van der Waals surface area (Å²) in [7, 11) is 0. The number of ether oxygens (including phenoxy) is 2. The van der Waals surface area contributed by atoms with Gasteiger partial charge in [-0.05, 0) is 32.9 Å². The number of hydrogen-bond donors (Lipinski definition) is 0. The predicted octanol–water partition coefficient (Wildman–Crippen LogP) is 3.11. The lowest BCUT2D eigenvalue weighted by molar-refractivity contribution is -0.145. The second-order valence-corrected chi connectivity index (χ2v) is 4.87. The molecule has 0 saturated carbocycles. The Hall–Kier alpha value is -2.30. The van der Waals surface area contributed by atoms with Crippen molar-refractivity contribution in [2.75, 3.05) is 6.61 Å². The molecule has 0 atom stereocenters. The Bertz CT molecular complexity index is 582. The van der Waals surface area contributed by atoms with Gasteiger partial charge >= 0.3 is 5.97 Å². The average Bonchev–Trinajstić information content (AvgIpc) is 2.78. The molecule has 0 aliphatic heterocycles. The number of aryl methyl sites for hydroxylation is 3. The molecule has 112 valence electrons. The van der Waals surface area contributed by atoms with Gasteiger partial charge in [-0.15, -0.1) is 0 Å². The third kappa shape index (κ3) is 4.34. The molecule has 0 saturated heterocycles. The average molecular weight is 289 g/mol. The molecular formula is C16H19NO4. The maximum atomic E-state index is 11.7. The molecule has 0 radical (unpaired) electrons. The van der Waals surface area contributed by atoms with E-state index in [1.807, 2.05) is 38.1 Å². The summed E-state index contributed by atoms with van der Waals surface area (Å²) in [6.45, 7) is 6.10. The number of aromatic nitrogens is 1. The van der Waals surface area contributed by atoms with Gasteiger partial charge < -0.3 is 14.0 Å². The SMILES string of the molecule is Cc1ccc(OCCC(=O)OCc2c(C)noc2C)cc1. The zero-order valence-corrected chi connectivity index (χ0v) is 12.5. The maximum Gasteiger partial charge on any atom is 0.309 e. The number of rotatable bonds is 6. The lowest BCUT2D eigenvalue weighted by atomic mass is 10.2. The standard InChI is InChI=1S/C16H19NO4/c1-11-4-6-14(7-5-11)19-9-8-16(18)20-10-15-12(2)17-21-13(15)3/h4-7H,8-10H2,1-3H3. The molecule has 0 aliphatic rings. The summed E-state index contributed by atoms with van der Waals surface area (Å²) >= 11 is 0. The van der Waals surface area contributed by atoms with Crippen molar-refractivity contribution < 1.29 is 18.8 Å². The summed E-state index contributed by atoms with van der Waals surface area (Å²) < 4.78 is 15.7. The van der Waals surface area contributed by atoms with Crippen molar-refractivity contribution in [1.82, 2.24) is 5.16 Å². The Morgan fingerprint density at radius 2 is 1.90 bits per heavy atom. The molecule has 0 fully saturated rings. The molecule has 0 aliphatic carbocycles. The van der Waals surface area contributed by atoms with E-state index in [1.54, 1.807) is 6.92 Å². The fourth-order valence-corrected chi connectivity index (χ4v) is 1.82. The molecule has 5 nitrogen and oxygen atoms in total. The first-order valence-corrected chi connectivity index (χ1v) is 6.83. The van der Waals surface area contributed by atoms with Crippen LogP contribution < -0.4 is 4.74 Å². The Morgan fingerprint density at radius 1 is 1.19 bits per heavy atom. The van der Waals surface area contributed by atoms with Crippen LogP contribution in [0.2, 0.25) is 0 Å². The van der Waals surface area contributed by atoms with Gasteiger partial charge in [0, 0.05) is 0 Å². The second kappa shape index (κ2) is 6.92. The fraction of sp³-hybridized carbons (Fsp3) is 0.375. The van der Waals surface area contributed by atoms with Crippen LogP contribution in [0.15, 0.2) is 28.8 Å². The topological polar surface area (TPSA) is 61.6 Å². The van der Waals surface area contributed by atoms with Crippen LogP contribution in [0.25, 0.3) is 0 Å². The molecule has 0 unspecified atom stereocenters. The number of nitrogens with zero attached hydrogens (tertiary/aromatic N) is 1. The van der Waals surface area contributed by atoms with E-state index in [0.717, 1.165) is 17.0 Å². The molecule has 0 bridgehead atoms. The summed E-state index contributed by atoms with van der Waals surface area (Å²) in [5.74, 6) is 1.12. The van der Waals surface area contributed by atoms with Gasteiger partial charge in [0.15, 0.2) is 0 Å². The summed E-state index contributed by atoms with van der Waals surface area (Å²) in [6, 6.07) is 7.69. The van der Waals surface area contributed by atoms with Crippen LogP contribution in [0.3, 0.4) is 0 Å². The Labute approximate surface area is 123 Å². The van der Waals surface area contributed by atoms with E-state index >= 15 is 0 Å². The van der Waals surface area contributed by atoms with Crippen LogP contribution in [0.4, 0.5) is 0 Å². The van der Waals surface area contributed by atoms with Gasteiger partial charge in [0.2, 0.25) is 0 Å². The minimum Gasteiger partial charge on any atom is -0.493 e. The zero-order valence-electron chi connectivity index (χ0n) is 12.5. The lowest BCUT2D eigenvalue weighted by Crippen LogP contribution is -2.10. The van der Waals surface area contributed by atoms with Crippen molar-refractivity contribution in [2.45, 2.75) is 33.8 Å². The van der Waals surface area contributed by atoms with Gasteiger partial charge in [-0.25, -0.2) is 0 Å². The van der Waals surface area contributed by atoms with Crippen LogP contribution in [0.5, 0.6) is 5.75 Å². The third-order valence-electron chi connectivity index (χ3n) is 3.15. The summed E-state index contributed by atoms with van der Waals surface area (Å²) in [5.41, 5.74) is 2.74. The minimum atomic E-state index is -0.304. The van der Waals surface area contributed by atoms with Crippen LogP contribution >= 0.6 is 0 Å². The molecule has 0 N–H and O–H groups in total. The van der Waals surface area contributed by atoms with Crippen molar-refractivity contribution in [2.24, 2.45) is 0 Å². The highest BCUT2D eigenvalue weighted by molar-refractivity contribution is 5.69. The van der Waals surface area contributed by atoms with Gasteiger partial charge in [0.05, 0.1) is 24.3 Å². The molecule has 5 heteroatoms. The first-order chi connectivity index (χ1) is 10.1. The monoisotopic (exact) mass is 289 g/mol. The number of carbonyl (C=O) groups is 1. The highest BCUT2D eigenvalue weighted by atomic mass is 16.5. The Balaban J connectivity index is 1.71. The zero-order chi connectivity index (χ0) is 15.2. The molecule has 2 rings (SSSR count). The minimum absolute atomic E-state index is 0.185. The van der Waals surface area contributed by atoms with Gasteiger partial charge in [-0.2, -0.15) is 0 Å². The van der Waals surface area contributed by atoms with E-state index in [2.05, 4.69) is 5.16 Å². The molecule has 2 aromatic rings. The molecule has 0 spiro atoms. The maximum absolute atomic E-state index is 11.7. The summed E-state index contributed by atoms with van der Waals surface area (Å²) in [4.78, 5) is 11.7. The van der Waals surface area contributed by atoms with Gasteiger partial charge in [-0.3, -0.25) is 4.79 Å². The quantitative estimate of drug-likeness (QED) is 0.765. The highest BCUT2D eigenvalue weighted by Crippen LogP contribution is 2.14. The lowest BCUT2D eigenvalue weighted by Gasteiger charge is -2.07. The first kappa shape index (κ1) is 15.1. The molecule has 1 heterocycles. The van der Waals surface area contributed by atoms with Crippen molar-refractivity contribution in [3.05, 3.63) is 46.8 Å². The normalized spacial score (nSPS) is 10.4. The number of esters is 1. The van der Waals surface area contributed by atoms with Crippen molar-refractivity contribution in [3.8, 4) is 5.75 Å². The fourth-order valence-electron chi connectivity index (χ4n) is 1.82. The van der Waals surface area contributed by atoms with E-state index in [1.165, 1.54) is 5.56 Å².